The van der Waals surface area contributed by atoms with E-state index in [0.29, 0.717) is 18.9 Å². The number of carbonyl (C=O) groups is 1. The molecule has 3 heteroatoms. The molecule has 0 heterocycles. The van der Waals surface area contributed by atoms with Crippen molar-refractivity contribution in [3.05, 3.63) is 0 Å². The predicted molar refractivity (Wildman–Crippen MR) is 64.6 cm³/mol. The van der Waals surface area contributed by atoms with Crippen molar-refractivity contribution < 1.29 is 4.79 Å². The lowest BCUT2D eigenvalue weighted by Crippen LogP contribution is -2.55. The standard InChI is InChI=1S/C12H26N2O/c1-6-10(7-2)14(5)11(15)12(13,8-3)9-4/h10H,6-9,13H2,1-5H3. The van der Waals surface area contributed by atoms with Crippen LogP contribution in [0.25, 0.3) is 0 Å². The molecule has 90 valence electrons. The van der Waals surface area contributed by atoms with Crippen molar-refractivity contribution in [2.24, 2.45) is 5.73 Å². The Morgan fingerprint density at radius 3 is 1.87 bits per heavy atom. The zero-order valence-corrected chi connectivity index (χ0v) is 10.8. The fourth-order valence-corrected chi connectivity index (χ4v) is 1.91. The number of hydrogen-bond donors (Lipinski definition) is 1. The number of nitrogens with zero attached hydrogens (tertiary/aromatic N) is 1. The summed E-state index contributed by atoms with van der Waals surface area (Å²) in [5.74, 6) is 0.0844. The van der Waals surface area contributed by atoms with Gasteiger partial charge in [0.05, 0.1) is 5.54 Å². The molecule has 0 aliphatic rings. The highest BCUT2D eigenvalue weighted by molar-refractivity contribution is 5.86. The first-order valence-corrected chi connectivity index (χ1v) is 6.02. The molecule has 0 aromatic carbocycles. The van der Waals surface area contributed by atoms with Gasteiger partial charge in [-0.3, -0.25) is 4.79 Å². The first-order chi connectivity index (χ1) is 6.96. The van der Waals surface area contributed by atoms with Gasteiger partial charge in [0, 0.05) is 13.1 Å². The van der Waals surface area contributed by atoms with E-state index in [4.69, 9.17) is 5.73 Å². The van der Waals surface area contributed by atoms with Gasteiger partial charge in [-0.15, -0.1) is 0 Å². The number of rotatable bonds is 6. The first kappa shape index (κ1) is 14.4. The molecular formula is C12H26N2O. The zero-order valence-electron chi connectivity index (χ0n) is 10.8. The van der Waals surface area contributed by atoms with Crippen molar-refractivity contribution in [3.63, 3.8) is 0 Å². The Bertz CT molecular complexity index is 196. The van der Waals surface area contributed by atoms with Crippen LogP contribution in [-0.2, 0) is 4.79 Å². The monoisotopic (exact) mass is 214 g/mol. The summed E-state index contributed by atoms with van der Waals surface area (Å²) in [7, 11) is 1.87. The quantitative estimate of drug-likeness (QED) is 0.736. The SMILES string of the molecule is CCC(CC)N(C)C(=O)C(N)(CC)CC. The topological polar surface area (TPSA) is 46.3 Å². The predicted octanol–water partition coefficient (Wildman–Crippen LogP) is 2.15. The highest BCUT2D eigenvalue weighted by Crippen LogP contribution is 2.17. The Labute approximate surface area is 94.0 Å². The van der Waals surface area contributed by atoms with Crippen molar-refractivity contribution >= 4 is 5.91 Å². The van der Waals surface area contributed by atoms with Crippen molar-refractivity contribution in [2.75, 3.05) is 7.05 Å². The van der Waals surface area contributed by atoms with Gasteiger partial charge in [0.2, 0.25) is 5.91 Å². The summed E-state index contributed by atoms with van der Waals surface area (Å²) in [6, 6.07) is 0.318. The molecule has 3 nitrogen and oxygen atoms in total. The van der Waals surface area contributed by atoms with E-state index in [1.54, 1.807) is 0 Å². The molecule has 0 saturated heterocycles. The number of nitrogens with two attached hydrogens (primary N) is 1. The number of likely N-dealkylation sites (N-methyl/N-ethyl adjacent to an activating group) is 1. The molecule has 2 N–H and O–H groups in total. The lowest BCUT2D eigenvalue weighted by molar-refractivity contribution is -0.138. The van der Waals surface area contributed by atoms with Gasteiger partial charge >= 0.3 is 0 Å². The molecule has 1 amide bonds. The third kappa shape index (κ3) is 3.20. The molecule has 0 fully saturated rings. The molecule has 0 unspecified atom stereocenters. The summed E-state index contributed by atoms with van der Waals surface area (Å²) in [6.45, 7) is 8.16. The van der Waals surface area contributed by atoms with Gasteiger partial charge in [0.1, 0.15) is 0 Å². The molecule has 0 rings (SSSR count). The van der Waals surface area contributed by atoms with E-state index in [0.717, 1.165) is 12.8 Å². The Hall–Kier alpha value is -0.570. The molecule has 0 radical (unpaired) electrons. The molecule has 0 aromatic rings. The van der Waals surface area contributed by atoms with Crippen LogP contribution >= 0.6 is 0 Å². The average Bonchev–Trinajstić information content (AvgIpc) is 2.28. The second-order valence-corrected chi connectivity index (χ2v) is 4.25. The van der Waals surface area contributed by atoms with E-state index in [2.05, 4.69) is 13.8 Å². The highest BCUT2D eigenvalue weighted by Gasteiger charge is 2.34. The fraction of sp³-hybridized carbons (Fsp3) is 0.917. The minimum absolute atomic E-state index is 0.0844. The maximum Gasteiger partial charge on any atom is 0.242 e. The van der Waals surface area contributed by atoms with Crippen LogP contribution in [0.4, 0.5) is 0 Å². The van der Waals surface area contributed by atoms with Crippen molar-refractivity contribution in [2.45, 2.75) is 65.0 Å². The summed E-state index contributed by atoms with van der Waals surface area (Å²) in [5.41, 5.74) is 5.43. The van der Waals surface area contributed by atoms with Crippen LogP contribution in [0, 0.1) is 0 Å². The lowest BCUT2D eigenvalue weighted by atomic mass is 9.91. The van der Waals surface area contributed by atoms with Gasteiger partial charge in [-0.1, -0.05) is 27.7 Å². The maximum atomic E-state index is 12.2. The Morgan fingerprint density at radius 2 is 1.60 bits per heavy atom. The van der Waals surface area contributed by atoms with Crippen molar-refractivity contribution in [3.8, 4) is 0 Å². The number of hydrogen-bond acceptors (Lipinski definition) is 2. The molecule has 15 heavy (non-hydrogen) atoms. The molecule has 0 aliphatic heterocycles. The third-order valence-electron chi connectivity index (χ3n) is 3.50. The van der Waals surface area contributed by atoms with Crippen LogP contribution in [0.5, 0.6) is 0 Å². The minimum atomic E-state index is -0.669. The minimum Gasteiger partial charge on any atom is -0.341 e. The average molecular weight is 214 g/mol. The van der Waals surface area contributed by atoms with Crippen LogP contribution in [0.3, 0.4) is 0 Å². The van der Waals surface area contributed by atoms with Gasteiger partial charge < -0.3 is 10.6 Å². The van der Waals surface area contributed by atoms with E-state index >= 15 is 0 Å². The Balaban J connectivity index is 4.68. The van der Waals surface area contributed by atoms with Crippen LogP contribution in [-0.4, -0.2) is 29.4 Å². The normalized spacial score (nSPS) is 11.9. The molecule has 0 aromatic heterocycles. The van der Waals surface area contributed by atoms with Gasteiger partial charge in [-0.05, 0) is 25.7 Å². The fourth-order valence-electron chi connectivity index (χ4n) is 1.91. The molecular weight excluding hydrogens is 188 g/mol. The Kier molecular flexibility index (Phi) is 5.88. The van der Waals surface area contributed by atoms with Crippen LogP contribution in [0.15, 0.2) is 0 Å². The van der Waals surface area contributed by atoms with Crippen LogP contribution < -0.4 is 5.73 Å². The summed E-state index contributed by atoms with van der Waals surface area (Å²) >= 11 is 0. The highest BCUT2D eigenvalue weighted by atomic mass is 16.2. The van der Waals surface area contributed by atoms with Gasteiger partial charge in [-0.2, -0.15) is 0 Å². The zero-order chi connectivity index (χ0) is 12.1. The van der Waals surface area contributed by atoms with E-state index in [9.17, 15) is 4.79 Å². The molecule has 0 aliphatic carbocycles. The van der Waals surface area contributed by atoms with Crippen LogP contribution in [0.1, 0.15) is 53.4 Å². The largest absolute Gasteiger partial charge is 0.341 e. The van der Waals surface area contributed by atoms with Gasteiger partial charge in [-0.25, -0.2) is 0 Å². The second kappa shape index (κ2) is 6.11. The van der Waals surface area contributed by atoms with E-state index in [-0.39, 0.29) is 5.91 Å². The van der Waals surface area contributed by atoms with E-state index in [1.807, 2.05) is 25.8 Å². The molecule has 0 bridgehead atoms. The summed E-state index contributed by atoms with van der Waals surface area (Å²) in [6.07, 6.45) is 3.38. The lowest BCUT2D eigenvalue weighted by Gasteiger charge is -2.35. The van der Waals surface area contributed by atoms with Crippen molar-refractivity contribution in [1.82, 2.24) is 4.90 Å². The van der Waals surface area contributed by atoms with Gasteiger partial charge in [0.15, 0.2) is 0 Å². The molecule has 0 saturated carbocycles. The van der Waals surface area contributed by atoms with E-state index < -0.39 is 5.54 Å². The smallest absolute Gasteiger partial charge is 0.242 e. The van der Waals surface area contributed by atoms with E-state index in [1.165, 1.54) is 0 Å². The van der Waals surface area contributed by atoms with Crippen molar-refractivity contribution in [1.29, 1.82) is 0 Å². The maximum absolute atomic E-state index is 12.2. The number of amides is 1. The second-order valence-electron chi connectivity index (χ2n) is 4.25. The third-order valence-corrected chi connectivity index (χ3v) is 3.50. The van der Waals surface area contributed by atoms with Crippen LogP contribution in [0.2, 0.25) is 0 Å². The molecule has 0 atom stereocenters. The van der Waals surface area contributed by atoms with Gasteiger partial charge in [0.25, 0.3) is 0 Å². The Morgan fingerprint density at radius 1 is 1.20 bits per heavy atom. The summed E-state index contributed by atoms with van der Waals surface area (Å²) < 4.78 is 0. The first-order valence-electron chi connectivity index (χ1n) is 6.02. The summed E-state index contributed by atoms with van der Waals surface area (Å²) in [5, 5.41) is 0. The summed E-state index contributed by atoms with van der Waals surface area (Å²) in [4.78, 5) is 14.0. The number of carbonyl (C=O) groups excluding carboxylic acids is 1. The molecule has 0 spiro atoms.